The Balaban J connectivity index is 1.73. The van der Waals surface area contributed by atoms with E-state index >= 15 is 0 Å². The summed E-state index contributed by atoms with van der Waals surface area (Å²) in [5, 5.41) is 4.48. The van der Waals surface area contributed by atoms with Gasteiger partial charge in [0.2, 0.25) is 0 Å². The van der Waals surface area contributed by atoms with Gasteiger partial charge in [0.15, 0.2) is 0 Å². The van der Waals surface area contributed by atoms with Crippen molar-refractivity contribution in [3.63, 3.8) is 0 Å². The summed E-state index contributed by atoms with van der Waals surface area (Å²) in [7, 11) is 0. The first-order valence-electron chi connectivity index (χ1n) is 5.87. The molecule has 14 heavy (non-hydrogen) atoms. The smallest absolute Gasteiger partial charge is 0.0195 e. The normalized spacial score (nSPS) is 34.9. The van der Waals surface area contributed by atoms with Crippen LogP contribution < -0.4 is 5.32 Å². The number of hydrogen-bond acceptors (Lipinski definition) is 3. The van der Waals surface area contributed by atoms with Gasteiger partial charge in [-0.2, -0.15) is 11.8 Å². The van der Waals surface area contributed by atoms with Gasteiger partial charge in [-0.1, -0.05) is 0 Å². The van der Waals surface area contributed by atoms with E-state index in [-0.39, 0.29) is 0 Å². The lowest BCUT2D eigenvalue weighted by atomic mass is 10.1. The molecule has 2 heterocycles. The third kappa shape index (κ3) is 2.88. The largest absolute Gasteiger partial charge is 0.313 e. The summed E-state index contributed by atoms with van der Waals surface area (Å²) < 4.78 is 0. The predicted molar refractivity (Wildman–Crippen MR) is 64.0 cm³/mol. The van der Waals surface area contributed by atoms with Gasteiger partial charge in [-0.25, -0.2) is 0 Å². The Morgan fingerprint density at radius 2 is 2.29 bits per heavy atom. The minimum absolute atomic E-state index is 0.788. The van der Waals surface area contributed by atoms with Crippen molar-refractivity contribution in [2.24, 2.45) is 0 Å². The average Bonchev–Trinajstić information content (AvgIpc) is 2.71. The molecule has 0 spiro atoms. The van der Waals surface area contributed by atoms with Crippen molar-refractivity contribution >= 4 is 11.8 Å². The Bertz CT molecular complexity index is 169. The van der Waals surface area contributed by atoms with E-state index in [9.17, 15) is 0 Å². The second-order valence-corrected chi connectivity index (χ2v) is 5.69. The summed E-state index contributed by atoms with van der Waals surface area (Å²) in [6.45, 7) is 5.18. The molecule has 1 N–H and O–H groups in total. The maximum absolute atomic E-state index is 3.59. The molecule has 2 fully saturated rings. The zero-order valence-corrected chi connectivity index (χ0v) is 9.98. The highest BCUT2D eigenvalue weighted by Gasteiger charge is 2.22. The Morgan fingerprint density at radius 1 is 1.36 bits per heavy atom. The van der Waals surface area contributed by atoms with E-state index in [2.05, 4.69) is 16.5 Å². The molecule has 0 aromatic rings. The van der Waals surface area contributed by atoms with E-state index in [0.29, 0.717) is 0 Å². The van der Waals surface area contributed by atoms with E-state index in [4.69, 9.17) is 0 Å². The standard InChI is InChI=1S/C11H22N2S/c1-14-11-5-3-7-13(9-11)8-10-4-2-6-12-10/h10-12H,2-9H2,1H3/t10-,11?/m1/s1. The number of thioether (sulfide) groups is 1. The van der Waals surface area contributed by atoms with Crippen molar-refractivity contribution in [1.82, 2.24) is 10.2 Å². The van der Waals surface area contributed by atoms with Gasteiger partial charge in [0, 0.05) is 24.4 Å². The molecule has 2 saturated heterocycles. The molecule has 82 valence electrons. The van der Waals surface area contributed by atoms with Gasteiger partial charge in [-0.15, -0.1) is 0 Å². The van der Waals surface area contributed by atoms with E-state index in [1.807, 2.05) is 11.8 Å². The molecule has 2 rings (SSSR count). The van der Waals surface area contributed by atoms with Gasteiger partial charge in [-0.05, 0) is 45.0 Å². The van der Waals surface area contributed by atoms with E-state index in [1.165, 1.54) is 51.9 Å². The molecule has 1 unspecified atom stereocenters. The Hall–Kier alpha value is 0.270. The van der Waals surface area contributed by atoms with Crippen LogP contribution in [0.3, 0.4) is 0 Å². The van der Waals surface area contributed by atoms with Gasteiger partial charge in [0.1, 0.15) is 0 Å². The lowest BCUT2D eigenvalue weighted by Crippen LogP contribution is -2.43. The first kappa shape index (κ1) is 10.8. The summed E-state index contributed by atoms with van der Waals surface area (Å²) in [4.78, 5) is 2.66. The molecule has 0 aliphatic carbocycles. The quantitative estimate of drug-likeness (QED) is 0.768. The van der Waals surface area contributed by atoms with E-state index in [1.54, 1.807) is 0 Å². The molecular formula is C11H22N2S. The zero-order valence-electron chi connectivity index (χ0n) is 9.17. The fourth-order valence-electron chi connectivity index (χ4n) is 2.60. The fraction of sp³-hybridized carbons (Fsp3) is 1.00. The summed E-state index contributed by atoms with van der Waals surface area (Å²) >= 11 is 2.05. The van der Waals surface area contributed by atoms with Gasteiger partial charge in [-0.3, -0.25) is 0 Å². The highest BCUT2D eigenvalue weighted by atomic mass is 32.2. The summed E-state index contributed by atoms with van der Waals surface area (Å²) in [6.07, 6.45) is 7.85. The lowest BCUT2D eigenvalue weighted by Gasteiger charge is -2.33. The van der Waals surface area contributed by atoms with Crippen LogP contribution in [0.15, 0.2) is 0 Å². The number of hydrogen-bond donors (Lipinski definition) is 1. The van der Waals surface area contributed by atoms with E-state index < -0.39 is 0 Å². The van der Waals surface area contributed by atoms with Crippen molar-refractivity contribution in [3.8, 4) is 0 Å². The molecule has 0 bridgehead atoms. The molecule has 0 aromatic carbocycles. The van der Waals surface area contributed by atoms with Crippen LogP contribution in [0.5, 0.6) is 0 Å². The molecule has 0 aromatic heterocycles. The lowest BCUT2D eigenvalue weighted by molar-refractivity contribution is 0.215. The number of nitrogens with one attached hydrogen (secondary N) is 1. The van der Waals surface area contributed by atoms with Crippen LogP contribution in [0, 0.1) is 0 Å². The minimum atomic E-state index is 0.788. The van der Waals surface area contributed by atoms with Crippen LogP contribution in [0.25, 0.3) is 0 Å². The number of nitrogens with zero attached hydrogens (tertiary/aromatic N) is 1. The van der Waals surface area contributed by atoms with Crippen LogP contribution in [-0.2, 0) is 0 Å². The maximum Gasteiger partial charge on any atom is 0.0195 e. The third-order valence-electron chi connectivity index (χ3n) is 3.44. The van der Waals surface area contributed by atoms with Crippen LogP contribution in [0.1, 0.15) is 25.7 Å². The molecule has 2 aliphatic rings. The Kier molecular flexibility index (Phi) is 4.14. The van der Waals surface area contributed by atoms with Crippen LogP contribution in [0.2, 0.25) is 0 Å². The Morgan fingerprint density at radius 3 is 3.00 bits per heavy atom. The molecule has 2 aliphatic heterocycles. The van der Waals surface area contributed by atoms with Gasteiger partial charge in [0.05, 0.1) is 0 Å². The second-order valence-electron chi connectivity index (χ2n) is 4.55. The first-order chi connectivity index (χ1) is 6.88. The van der Waals surface area contributed by atoms with Gasteiger partial charge in [0.25, 0.3) is 0 Å². The highest BCUT2D eigenvalue weighted by Crippen LogP contribution is 2.20. The van der Waals surface area contributed by atoms with Crippen molar-refractivity contribution in [2.45, 2.75) is 37.0 Å². The maximum atomic E-state index is 3.59. The highest BCUT2D eigenvalue weighted by molar-refractivity contribution is 7.99. The molecule has 0 amide bonds. The first-order valence-corrected chi connectivity index (χ1v) is 7.16. The summed E-state index contributed by atoms with van der Waals surface area (Å²) in [5.74, 6) is 0. The number of piperidine rings is 1. The average molecular weight is 214 g/mol. The second kappa shape index (κ2) is 5.38. The monoisotopic (exact) mass is 214 g/mol. The van der Waals surface area contributed by atoms with Crippen LogP contribution in [-0.4, -0.2) is 48.6 Å². The number of rotatable bonds is 3. The number of likely N-dealkylation sites (tertiary alicyclic amines) is 1. The molecular weight excluding hydrogens is 192 g/mol. The van der Waals surface area contributed by atoms with Gasteiger partial charge >= 0.3 is 0 Å². The van der Waals surface area contributed by atoms with Crippen molar-refractivity contribution in [1.29, 1.82) is 0 Å². The molecule has 0 radical (unpaired) electrons. The molecule has 2 nitrogen and oxygen atoms in total. The van der Waals surface area contributed by atoms with Crippen molar-refractivity contribution in [2.75, 3.05) is 32.4 Å². The fourth-order valence-corrected chi connectivity index (χ4v) is 3.36. The summed E-state index contributed by atoms with van der Waals surface area (Å²) in [6, 6.07) is 0.788. The van der Waals surface area contributed by atoms with Crippen LogP contribution in [0.4, 0.5) is 0 Å². The van der Waals surface area contributed by atoms with Crippen molar-refractivity contribution < 1.29 is 0 Å². The Labute approximate surface area is 91.8 Å². The topological polar surface area (TPSA) is 15.3 Å². The predicted octanol–water partition coefficient (Wildman–Crippen LogP) is 1.57. The molecule has 3 heteroatoms. The SMILES string of the molecule is CSC1CCCN(C[C@H]2CCCN2)C1. The van der Waals surface area contributed by atoms with E-state index in [0.717, 1.165) is 11.3 Å². The van der Waals surface area contributed by atoms with Gasteiger partial charge < -0.3 is 10.2 Å². The third-order valence-corrected chi connectivity index (χ3v) is 4.49. The molecule has 2 atom stereocenters. The van der Waals surface area contributed by atoms with Crippen molar-refractivity contribution in [3.05, 3.63) is 0 Å². The summed E-state index contributed by atoms with van der Waals surface area (Å²) in [5.41, 5.74) is 0. The van der Waals surface area contributed by atoms with Crippen LogP contribution >= 0.6 is 11.8 Å². The zero-order chi connectivity index (χ0) is 9.80. The minimum Gasteiger partial charge on any atom is -0.313 e. The molecule has 0 saturated carbocycles.